The lowest BCUT2D eigenvalue weighted by Gasteiger charge is -1.97. The van der Waals surface area contributed by atoms with Crippen LogP contribution in [0.4, 0.5) is 13.2 Å². The summed E-state index contributed by atoms with van der Waals surface area (Å²) < 4.78 is 43.0. The molecule has 0 saturated heterocycles. The molecule has 1 N–H and O–H groups in total. The maximum absolute atomic E-state index is 12.5. The largest absolute Gasteiger partial charge is 0.471 e. The van der Waals surface area contributed by atoms with Crippen LogP contribution < -0.4 is 5.48 Å². The Morgan fingerprint density at radius 1 is 1.44 bits per heavy atom. The molecule has 0 aromatic carbocycles. The molecular weight excluding hydrogens is 365 g/mol. The molecule has 25 heavy (non-hydrogen) atoms. The monoisotopic (exact) mass is 374 g/mol. The number of thiophene rings is 1. The van der Waals surface area contributed by atoms with Crippen molar-refractivity contribution in [2.45, 2.75) is 12.7 Å². The van der Waals surface area contributed by atoms with Gasteiger partial charge < -0.3 is 4.52 Å². The van der Waals surface area contributed by atoms with Crippen molar-refractivity contribution in [3.05, 3.63) is 35.1 Å². The third-order valence-corrected chi connectivity index (χ3v) is 3.87. The van der Waals surface area contributed by atoms with Gasteiger partial charge in [0.2, 0.25) is 11.6 Å². The van der Waals surface area contributed by atoms with Gasteiger partial charge in [-0.2, -0.15) is 18.2 Å². The highest BCUT2D eigenvalue weighted by atomic mass is 32.1. The van der Waals surface area contributed by atoms with Crippen LogP contribution in [-0.2, 0) is 17.6 Å². The summed E-state index contributed by atoms with van der Waals surface area (Å²) in [4.78, 5) is 24.3. The van der Waals surface area contributed by atoms with Crippen molar-refractivity contribution < 1.29 is 27.3 Å². The normalized spacial score (nSPS) is 11.7. The predicted molar refractivity (Wildman–Crippen MR) is 76.2 cm³/mol. The highest BCUT2D eigenvalue weighted by Gasteiger charge is 2.38. The zero-order valence-electron chi connectivity index (χ0n) is 12.4. The highest BCUT2D eigenvalue weighted by molar-refractivity contribution is 7.15. The van der Waals surface area contributed by atoms with E-state index in [1.807, 2.05) is 0 Å². The van der Waals surface area contributed by atoms with Gasteiger partial charge in [0.1, 0.15) is 6.33 Å². The summed E-state index contributed by atoms with van der Waals surface area (Å²) in [6.45, 7) is 0.266. The molecule has 132 valence electrons. The van der Waals surface area contributed by atoms with E-state index < -0.39 is 18.0 Å². The zero-order valence-corrected chi connectivity index (χ0v) is 13.3. The molecule has 13 heteroatoms. The molecule has 0 unspecified atom stereocenters. The molecule has 0 aliphatic rings. The van der Waals surface area contributed by atoms with E-state index in [4.69, 9.17) is 0 Å². The third-order valence-electron chi connectivity index (χ3n) is 2.80. The fourth-order valence-corrected chi connectivity index (χ4v) is 2.72. The van der Waals surface area contributed by atoms with Crippen molar-refractivity contribution in [2.24, 2.45) is 0 Å². The van der Waals surface area contributed by atoms with Gasteiger partial charge in [0, 0.05) is 4.88 Å². The van der Waals surface area contributed by atoms with E-state index in [2.05, 4.69) is 35.1 Å². The molecule has 9 nitrogen and oxygen atoms in total. The van der Waals surface area contributed by atoms with Gasteiger partial charge in [-0.25, -0.2) is 15.1 Å². The molecule has 3 rings (SSSR count). The summed E-state index contributed by atoms with van der Waals surface area (Å²) in [5.41, 5.74) is 2.09. The number of aromatic nitrogens is 5. The molecule has 0 radical (unpaired) electrons. The fourth-order valence-electron chi connectivity index (χ4n) is 1.79. The lowest BCUT2D eigenvalue weighted by atomic mass is 10.4. The number of halogens is 3. The SMILES string of the molecule is CONC(=O)c1ncn(Cc2ccc(-c3noc(C(F)(F)F)n3)s2)n1. The van der Waals surface area contributed by atoms with E-state index in [-0.39, 0.29) is 18.2 Å². The first-order chi connectivity index (χ1) is 11.9. The second-order valence-corrected chi connectivity index (χ2v) is 5.76. The van der Waals surface area contributed by atoms with Crippen molar-refractivity contribution in [1.29, 1.82) is 0 Å². The minimum absolute atomic E-state index is 0.0772. The molecule has 0 aliphatic carbocycles. The van der Waals surface area contributed by atoms with Crippen LogP contribution in [0.25, 0.3) is 10.7 Å². The highest BCUT2D eigenvalue weighted by Crippen LogP contribution is 2.31. The van der Waals surface area contributed by atoms with Gasteiger partial charge in [-0.1, -0.05) is 5.16 Å². The van der Waals surface area contributed by atoms with Crippen molar-refractivity contribution in [3.8, 4) is 10.7 Å². The number of carbonyl (C=O) groups excluding carboxylic acids is 1. The van der Waals surface area contributed by atoms with Crippen LogP contribution >= 0.6 is 11.3 Å². The predicted octanol–water partition coefficient (Wildman–Crippen LogP) is 1.75. The van der Waals surface area contributed by atoms with E-state index in [0.29, 0.717) is 4.88 Å². The van der Waals surface area contributed by atoms with Crippen LogP contribution in [0.5, 0.6) is 0 Å². The Kier molecular flexibility index (Phi) is 4.50. The molecule has 1 amide bonds. The second kappa shape index (κ2) is 6.60. The van der Waals surface area contributed by atoms with Gasteiger partial charge in [-0.3, -0.25) is 9.63 Å². The van der Waals surface area contributed by atoms with E-state index in [0.717, 1.165) is 4.88 Å². The smallest absolute Gasteiger partial charge is 0.329 e. The average Bonchev–Trinajstić information content (AvgIpc) is 3.27. The molecule has 0 atom stereocenters. The van der Waals surface area contributed by atoms with Crippen LogP contribution in [0.2, 0.25) is 0 Å². The molecule has 0 spiro atoms. The van der Waals surface area contributed by atoms with Gasteiger partial charge in [0.05, 0.1) is 18.5 Å². The Bertz CT molecular complexity index is 887. The van der Waals surface area contributed by atoms with E-state index >= 15 is 0 Å². The lowest BCUT2D eigenvalue weighted by Crippen LogP contribution is -2.23. The first kappa shape index (κ1) is 17.0. The Labute approximate surface area is 141 Å². The van der Waals surface area contributed by atoms with Crippen LogP contribution in [0, 0.1) is 0 Å². The lowest BCUT2D eigenvalue weighted by molar-refractivity contribution is -0.159. The van der Waals surface area contributed by atoms with Crippen LogP contribution in [0.3, 0.4) is 0 Å². The summed E-state index contributed by atoms with van der Waals surface area (Å²) in [6.07, 6.45) is -3.34. The van der Waals surface area contributed by atoms with Crippen LogP contribution in [-0.4, -0.2) is 37.9 Å². The molecule has 0 aliphatic heterocycles. The number of nitrogens with one attached hydrogen (secondary N) is 1. The van der Waals surface area contributed by atoms with Crippen molar-refractivity contribution in [2.75, 3.05) is 7.11 Å². The number of alkyl halides is 3. The summed E-state index contributed by atoms with van der Waals surface area (Å²) >= 11 is 1.17. The minimum Gasteiger partial charge on any atom is -0.329 e. The molecule has 0 saturated carbocycles. The second-order valence-electron chi connectivity index (χ2n) is 4.59. The van der Waals surface area contributed by atoms with Crippen molar-refractivity contribution >= 4 is 17.2 Å². The number of carbonyl (C=O) groups is 1. The van der Waals surface area contributed by atoms with Gasteiger partial charge >= 0.3 is 18.0 Å². The maximum Gasteiger partial charge on any atom is 0.471 e. The standard InChI is InChI=1S/C12H9F3N6O3S/c1-23-20-10(22)9-16-5-21(18-9)4-6-2-3-7(25-6)8-17-11(24-19-8)12(13,14)15/h2-3,5H,4H2,1H3,(H,20,22). The van der Waals surface area contributed by atoms with E-state index in [1.54, 1.807) is 12.1 Å². The van der Waals surface area contributed by atoms with Gasteiger partial charge in [-0.05, 0) is 12.1 Å². The topological polar surface area (TPSA) is 108 Å². The number of nitrogens with zero attached hydrogens (tertiary/aromatic N) is 5. The number of hydrogen-bond donors (Lipinski definition) is 1. The summed E-state index contributed by atoms with van der Waals surface area (Å²) in [5, 5.41) is 7.29. The Balaban J connectivity index is 1.72. The van der Waals surface area contributed by atoms with Gasteiger partial charge in [0.25, 0.3) is 0 Å². The summed E-state index contributed by atoms with van der Waals surface area (Å²) in [6, 6.07) is 3.25. The van der Waals surface area contributed by atoms with Crippen molar-refractivity contribution in [3.63, 3.8) is 0 Å². The number of rotatable bonds is 5. The number of hydroxylamine groups is 1. The Morgan fingerprint density at radius 2 is 2.24 bits per heavy atom. The quantitative estimate of drug-likeness (QED) is 0.678. The zero-order chi connectivity index (χ0) is 18.0. The minimum atomic E-state index is -4.69. The maximum atomic E-state index is 12.5. The first-order valence-electron chi connectivity index (χ1n) is 6.59. The van der Waals surface area contributed by atoms with E-state index in [1.165, 1.54) is 29.5 Å². The van der Waals surface area contributed by atoms with Crippen molar-refractivity contribution in [1.82, 2.24) is 30.4 Å². The van der Waals surface area contributed by atoms with Gasteiger partial charge in [-0.15, -0.1) is 16.4 Å². The van der Waals surface area contributed by atoms with Gasteiger partial charge in [0.15, 0.2) is 0 Å². The average molecular weight is 374 g/mol. The van der Waals surface area contributed by atoms with Crippen LogP contribution in [0.1, 0.15) is 21.4 Å². The number of hydrogen-bond acceptors (Lipinski definition) is 8. The molecular formula is C12H9F3N6O3S. The summed E-state index contributed by atoms with van der Waals surface area (Å²) in [7, 11) is 1.28. The fraction of sp³-hybridized carbons (Fsp3) is 0.250. The molecule has 3 aromatic heterocycles. The van der Waals surface area contributed by atoms with E-state index in [9.17, 15) is 18.0 Å². The summed E-state index contributed by atoms with van der Waals surface area (Å²) in [5.74, 6) is -2.23. The Hall–Kier alpha value is -2.80. The Morgan fingerprint density at radius 3 is 2.92 bits per heavy atom. The number of amides is 1. The third kappa shape index (κ3) is 3.83. The molecule has 3 aromatic rings. The van der Waals surface area contributed by atoms with Crippen LogP contribution in [0.15, 0.2) is 23.0 Å². The first-order valence-corrected chi connectivity index (χ1v) is 7.41. The molecule has 3 heterocycles. The molecule has 0 bridgehead atoms. The molecule has 0 fully saturated rings.